The third-order valence-corrected chi connectivity index (χ3v) is 5.69. The van der Waals surface area contributed by atoms with Crippen molar-refractivity contribution in [2.45, 2.75) is 31.7 Å². The molecule has 0 fully saturated rings. The van der Waals surface area contributed by atoms with Crippen LogP contribution in [0.15, 0.2) is 23.1 Å². The Balaban J connectivity index is 2.89. The van der Waals surface area contributed by atoms with Gasteiger partial charge in [-0.05, 0) is 38.5 Å². The maximum atomic E-state index is 12.6. The number of anilines is 1. The minimum atomic E-state index is -3.59. The van der Waals surface area contributed by atoms with Crippen LogP contribution in [0.2, 0.25) is 0 Å². The Labute approximate surface area is 144 Å². The number of ether oxygens (including phenoxy) is 1. The van der Waals surface area contributed by atoms with Gasteiger partial charge in [0.05, 0.1) is 18.0 Å². The molecule has 136 valence electrons. The minimum absolute atomic E-state index is 0.131. The lowest BCUT2D eigenvalue weighted by Gasteiger charge is -2.21. The van der Waals surface area contributed by atoms with E-state index >= 15 is 0 Å². The number of amides is 1. The summed E-state index contributed by atoms with van der Waals surface area (Å²) in [4.78, 5) is 12.1. The molecular weight excluding hydrogens is 330 g/mol. The van der Waals surface area contributed by atoms with Crippen molar-refractivity contribution in [2.24, 2.45) is 0 Å². The number of sulfonamides is 1. The molecule has 0 aliphatic rings. The quantitative estimate of drug-likeness (QED) is 0.649. The number of hydrogen-bond acceptors (Lipinski definition) is 5. The molecule has 0 saturated heterocycles. The lowest BCUT2D eigenvalue weighted by molar-refractivity contribution is -0.115. The van der Waals surface area contributed by atoms with E-state index in [2.05, 4.69) is 10.6 Å². The number of nitrogens with zero attached hydrogens (tertiary/aromatic N) is 1. The molecule has 0 aliphatic heterocycles. The molecule has 2 N–H and O–H groups in total. The highest BCUT2D eigenvalue weighted by Crippen LogP contribution is 2.23. The van der Waals surface area contributed by atoms with Crippen molar-refractivity contribution in [1.29, 1.82) is 0 Å². The third-order valence-electron chi connectivity index (χ3n) is 3.66. The van der Waals surface area contributed by atoms with Crippen LogP contribution in [0, 0.1) is 6.92 Å². The molecule has 0 spiro atoms. The summed E-state index contributed by atoms with van der Waals surface area (Å²) in [6.45, 7) is 6.64. The lowest BCUT2D eigenvalue weighted by atomic mass is 10.2. The first-order chi connectivity index (χ1) is 11.2. The molecule has 1 aromatic carbocycles. The molecule has 0 bridgehead atoms. The van der Waals surface area contributed by atoms with Gasteiger partial charge in [0.15, 0.2) is 0 Å². The summed E-state index contributed by atoms with van der Waals surface area (Å²) in [5.41, 5.74) is 1.29. The van der Waals surface area contributed by atoms with Crippen LogP contribution in [-0.4, -0.2) is 58.5 Å². The van der Waals surface area contributed by atoms with Gasteiger partial charge in [-0.25, -0.2) is 8.42 Å². The van der Waals surface area contributed by atoms with Crippen molar-refractivity contribution in [3.63, 3.8) is 0 Å². The largest absolute Gasteiger partial charge is 0.383 e. The number of carbonyl (C=O) groups excluding carboxylic acids is 1. The maximum Gasteiger partial charge on any atom is 0.243 e. The van der Waals surface area contributed by atoms with Crippen LogP contribution in [-0.2, 0) is 19.6 Å². The van der Waals surface area contributed by atoms with Crippen LogP contribution < -0.4 is 10.6 Å². The normalized spacial score (nSPS) is 12.0. The predicted octanol–water partition coefficient (Wildman–Crippen LogP) is 1.20. The molecule has 0 aliphatic carbocycles. The van der Waals surface area contributed by atoms with Gasteiger partial charge < -0.3 is 15.4 Å². The van der Waals surface area contributed by atoms with Crippen LogP contribution in [0.25, 0.3) is 0 Å². The monoisotopic (exact) mass is 357 g/mol. The van der Waals surface area contributed by atoms with E-state index in [0.29, 0.717) is 18.8 Å². The van der Waals surface area contributed by atoms with Gasteiger partial charge in [0.1, 0.15) is 0 Å². The molecule has 1 aromatic rings. The Hall–Kier alpha value is -1.48. The zero-order valence-electron chi connectivity index (χ0n) is 14.9. The summed E-state index contributed by atoms with van der Waals surface area (Å²) in [6.07, 6.45) is 0. The maximum absolute atomic E-state index is 12.6. The van der Waals surface area contributed by atoms with Crippen LogP contribution in [0.4, 0.5) is 5.69 Å². The minimum Gasteiger partial charge on any atom is -0.383 e. The van der Waals surface area contributed by atoms with Crippen molar-refractivity contribution in [2.75, 3.05) is 39.2 Å². The van der Waals surface area contributed by atoms with E-state index in [1.165, 1.54) is 17.4 Å². The van der Waals surface area contributed by atoms with E-state index in [9.17, 15) is 13.2 Å². The first-order valence-electron chi connectivity index (χ1n) is 7.78. The standard InChI is InChI=1S/C16H27N3O4S/c1-12(2)19(4)24(21,22)14-7-6-13(3)15(10-14)18-16(20)11-17-8-9-23-5/h6-7,10,12,17H,8-9,11H2,1-5H3,(H,18,20). The molecule has 0 unspecified atom stereocenters. The van der Waals surface area contributed by atoms with Crippen molar-refractivity contribution < 1.29 is 17.9 Å². The van der Waals surface area contributed by atoms with Gasteiger partial charge in [-0.15, -0.1) is 0 Å². The van der Waals surface area contributed by atoms with E-state index in [0.717, 1.165) is 5.56 Å². The van der Waals surface area contributed by atoms with Gasteiger partial charge >= 0.3 is 0 Å². The number of benzene rings is 1. The molecular formula is C16H27N3O4S. The first-order valence-corrected chi connectivity index (χ1v) is 9.22. The molecule has 7 nitrogen and oxygen atoms in total. The van der Waals surface area contributed by atoms with Crippen LogP contribution >= 0.6 is 0 Å². The Morgan fingerprint density at radius 3 is 2.58 bits per heavy atom. The topological polar surface area (TPSA) is 87.7 Å². The zero-order valence-corrected chi connectivity index (χ0v) is 15.7. The van der Waals surface area contributed by atoms with Crippen molar-refractivity contribution >= 4 is 21.6 Å². The zero-order chi connectivity index (χ0) is 18.3. The van der Waals surface area contributed by atoms with Gasteiger partial charge in [0.2, 0.25) is 15.9 Å². The fourth-order valence-electron chi connectivity index (χ4n) is 1.91. The number of hydrogen-bond donors (Lipinski definition) is 2. The van der Waals surface area contributed by atoms with E-state index in [1.54, 1.807) is 33.1 Å². The van der Waals surface area contributed by atoms with E-state index in [1.807, 2.05) is 6.92 Å². The molecule has 8 heteroatoms. The summed E-state index contributed by atoms with van der Waals surface area (Å²) in [5.74, 6) is -0.235. The molecule has 0 atom stereocenters. The van der Waals surface area contributed by atoms with Gasteiger partial charge in [0, 0.05) is 32.4 Å². The second-order valence-corrected chi connectivity index (χ2v) is 7.81. The first kappa shape index (κ1) is 20.6. The van der Waals surface area contributed by atoms with E-state index < -0.39 is 10.0 Å². The predicted molar refractivity (Wildman–Crippen MR) is 94.6 cm³/mol. The van der Waals surface area contributed by atoms with Crippen molar-refractivity contribution in [1.82, 2.24) is 9.62 Å². The highest BCUT2D eigenvalue weighted by molar-refractivity contribution is 7.89. The highest BCUT2D eigenvalue weighted by Gasteiger charge is 2.23. The highest BCUT2D eigenvalue weighted by atomic mass is 32.2. The second kappa shape index (κ2) is 9.12. The second-order valence-electron chi connectivity index (χ2n) is 5.81. The van der Waals surface area contributed by atoms with Crippen molar-refractivity contribution in [3.8, 4) is 0 Å². The molecule has 1 amide bonds. The number of nitrogens with one attached hydrogen (secondary N) is 2. The summed E-state index contributed by atoms with van der Waals surface area (Å²) in [5, 5.41) is 5.68. The molecule has 0 heterocycles. The van der Waals surface area contributed by atoms with Crippen LogP contribution in [0.1, 0.15) is 19.4 Å². The Kier molecular flexibility index (Phi) is 7.82. The van der Waals surface area contributed by atoms with Gasteiger partial charge in [-0.3, -0.25) is 4.79 Å². The Bertz CT molecular complexity index is 659. The average Bonchev–Trinajstić information content (AvgIpc) is 2.52. The molecule has 0 saturated carbocycles. The Morgan fingerprint density at radius 2 is 2.00 bits per heavy atom. The third kappa shape index (κ3) is 5.55. The lowest BCUT2D eigenvalue weighted by Crippen LogP contribution is -2.33. The van der Waals surface area contributed by atoms with Crippen LogP contribution in [0.3, 0.4) is 0 Å². The smallest absolute Gasteiger partial charge is 0.243 e. The summed E-state index contributed by atoms with van der Waals surface area (Å²) >= 11 is 0. The molecule has 24 heavy (non-hydrogen) atoms. The number of rotatable bonds is 9. The average molecular weight is 357 g/mol. The Morgan fingerprint density at radius 1 is 1.33 bits per heavy atom. The van der Waals surface area contributed by atoms with Gasteiger partial charge in [0.25, 0.3) is 0 Å². The molecule has 1 rings (SSSR count). The fraction of sp³-hybridized carbons (Fsp3) is 0.562. The van der Waals surface area contributed by atoms with Crippen LogP contribution in [0.5, 0.6) is 0 Å². The van der Waals surface area contributed by atoms with E-state index in [4.69, 9.17) is 4.74 Å². The fourth-order valence-corrected chi connectivity index (χ4v) is 3.31. The summed E-state index contributed by atoms with van der Waals surface area (Å²) in [6, 6.07) is 4.58. The van der Waals surface area contributed by atoms with Gasteiger partial charge in [-0.2, -0.15) is 4.31 Å². The van der Waals surface area contributed by atoms with Crippen molar-refractivity contribution in [3.05, 3.63) is 23.8 Å². The van der Waals surface area contributed by atoms with E-state index in [-0.39, 0.29) is 23.4 Å². The summed E-state index contributed by atoms with van der Waals surface area (Å²) in [7, 11) is -0.460. The van der Waals surface area contributed by atoms with Gasteiger partial charge in [-0.1, -0.05) is 6.07 Å². The SMILES string of the molecule is COCCNCC(=O)Nc1cc(S(=O)(=O)N(C)C(C)C)ccc1C. The molecule has 0 aromatic heterocycles. The number of methoxy groups -OCH3 is 1. The number of carbonyl (C=O) groups is 1. The summed E-state index contributed by atoms with van der Waals surface area (Å²) < 4.78 is 31.3. The number of aryl methyl sites for hydroxylation is 1. The molecule has 0 radical (unpaired) electrons.